The summed E-state index contributed by atoms with van der Waals surface area (Å²) in [5.41, 5.74) is 0. The zero-order valence-electron chi connectivity index (χ0n) is 11.9. The third-order valence-electron chi connectivity index (χ3n) is 3.81. The standard InChI is InChI=1S/C13H21F3N2O3/c1-18(12(21)17-8-4-7-11(19)20)10-6-3-2-5-9(10)13(14,15)16/h9-10H,2-8H2,1H3,(H,17,21)(H,19,20)/t9-,10+/m1/s1. The topological polar surface area (TPSA) is 69.6 Å². The molecule has 0 aromatic heterocycles. The minimum Gasteiger partial charge on any atom is -0.481 e. The van der Waals surface area contributed by atoms with Crippen LogP contribution in [-0.4, -0.2) is 47.8 Å². The van der Waals surface area contributed by atoms with Gasteiger partial charge >= 0.3 is 18.2 Å². The number of carboxylic acids is 1. The number of rotatable bonds is 5. The highest BCUT2D eigenvalue weighted by molar-refractivity contribution is 5.74. The summed E-state index contributed by atoms with van der Waals surface area (Å²) in [4.78, 5) is 23.3. The van der Waals surface area contributed by atoms with Crippen LogP contribution in [0.4, 0.5) is 18.0 Å². The number of halogens is 3. The molecule has 5 nitrogen and oxygen atoms in total. The maximum atomic E-state index is 13.0. The summed E-state index contributed by atoms with van der Waals surface area (Å²) >= 11 is 0. The van der Waals surface area contributed by atoms with Gasteiger partial charge in [-0.2, -0.15) is 13.2 Å². The van der Waals surface area contributed by atoms with Crippen molar-refractivity contribution in [2.45, 2.75) is 50.7 Å². The Kier molecular flexibility index (Phi) is 6.29. The highest BCUT2D eigenvalue weighted by Gasteiger charge is 2.47. The van der Waals surface area contributed by atoms with E-state index in [1.165, 1.54) is 7.05 Å². The molecule has 2 N–H and O–H groups in total. The fourth-order valence-electron chi connectivity index (χ4n) is 2.67. The quantitative estimate of drug-likeness (QED) is 0.767. The van der Waals surface area contributed by atoms with Gasteiger partial charge in [-0.25, -0.2) is 4.79 Å². The zero-order valence-corrected chi connectivity index (χ0v) is 11.9. The molecule has 0 bridgehead atoms. The maximum Gasteiger partial charge on any atom is 0.393 e. The van der Waals surface area contributed by atoms with Gasteiger partial charge in [0.25, 0.3) is 0 Å². The number of aliphatic carboxylic acids is 1. The third kappa shape index (κ3) is 5.43. The van der Waals surface area contributed by atoms with Gasteiger partial charge in [0.05, 0.1) is 5.92 Å². The minimum absolute atomic E-state index is 0.0464. The highest BCUT2D eigenvalue weighted by Crippen LogP contribution is 2.39. The fourth-order valence-corrected chi connectivity index (χ4v) is 2.67. The molecule has 0 aromatic rings. The number of carbonyl (C=O) groups excluding carboxylic acids is 1. The van der Waals surface area contributed by atoms with E-state index in [9.17, 15) is 22.8 Å². The minimum atomic E-state index is -4.30. The predicted molar refractivity (Wildman–Crippen MR) is 69.8 cm³/mol. The van der Waals surface area contributed by atoms with Gasteiger partial charge in [0.2, 0.25) is 0 Å². The number of hydrogen-bond donors (Lipinski definition) is 2. The van der Waals surface area contributed by atoms with Crippen LogP contribution >= 0.6 is 0 Å². The Labute approximate surface area is 121 Å². The van der Waals surface area contributed by atoms with Crippen molar-refractivity contribution < 1.29 is 27.9 Å². The molecule has 8 heteroatoms. The van der Waals surface area contributed by atoms with Crippen molar-refractivity contribution in [2.75, 3.05) is 13.6 Å². The summed E-state index contributed by atoms with van der Waals surface area (Å²) in [6, 6.07) is -1.43. The van der Waals surface area contributed by atoms with Crippen molar-refractivity contribution >= 4 is 12.0 Å². The summed E-state index contributed by atoms with van der Waals surface area (Å²) in [7, 11) is 1.36. The van der Waals surface area contributed by atoms with E-state index in [0.29, 0.717) is 19.3 Å². The molecule has 0 spiro atoms. The van der Waals surface area contributed by atoms with E-state index in [4.69, 9.17) is 5.11 Å². The molecule has 0 heterocycles. The van der Waals surface area contributed by atoms with Crippen LogP contribution in [0, 0.1) is 5.92 Å². The molecule has 0 radical (unpaired) electrons. The molecular weight excluding hydrogens is 289 g/mol. The van der Waals surface area contributed by atoms with Crippen LogP contribution in [0.15, 0.2) is 0 Å². The predicted octanol–water partition coefficient (Wildman–Crippen LogP) is 2.61. The van der Waals surface area contributed by atoms with E-state index in [1.807, 2.05) is 0 Å². The monoisotopic (exact) mass is 310 g/mol. The molecule has 1 rings (SSSR count). The van der Waals surface area contributed by atoms with Gasteiger partial charge < -0.3 is 15.3 Å². The summed E-state index contributed by atoms with van der Waals surface area (Å²) < 4.78 is 39.0. The average Bonchev–Trinajstić information content (AvgIpc) is 2.41. The lowest BCUT2D eigenvalue weighted by atomic mass is 9.83. The zero-order chi connectivity index (χ0) is 16.0. The molecule has 2 atom stereocenters. The van der Waals surface area contributed by atoms with Crippen LogP contribution in [-0.2, 0) is 4.79 Å². The lowest BCUT2D eigenvalue weighted by Gasteiger charge is -2.38. The molecule has 122 valence electrons. The van der Waals surface area contributed by atoms with E-state index >= 15 is 0 Å². The SMILES string of the molecule is CN(C(=O)NCCCC(=O)O)[C@H]1CCCC[C@H]1C(F)(F)F. The van der Waals surface area contributed by atoms with Gasteiger partial charge in [0.15, 0.2) is 0 Å². The Morgan fingerprint density at radius 1 is 1.29 bits per heavy atom. The Balaban J connectivity index is 2.52. The first kappa shape index (κ1) is 17.6. The maximum absolute atomic E-state index is 13.0. The summed E-state index contributed by atoms with van der Waals surface area (Å²) in [6.07, 6.45) is -2.56. The Hall–Kier alpha value is -1.47. The third-order valence-corrected chi connectivity index (χ3v) is 3.81. The van der Waals surface area contributed by atoms with Crippen molar-refractivity contribution in [3.63, 3.8) is 0 Å². The molecular formula is C13H21F3N2O3. The van der Waals surface area contributed by atoms with Crippen LogP contribution in [0.2, 0.25) is 0 Å². The van der Waals surface area contributed by atoms with Gasteiger partial charge in [-0.15, -0.1) is 0 Å². The first-order chi connectivity index (χ1) is 9.73. The summed E-state index contributed by atoms with van der Waals surface area (Å²) in [5.74, 6) is -2.46. The molecule has 0 unspecified atom stereocenters. The molecule has 1 fully saturated rings. The van der Waals surface area contributed by atoms with E-state index in [-0.39, 0.29) is 25.8 Å². The van der Waals surface area contributed by atoms with Gasteiger partial charge in [-0.05, 0) is 19.3 Å². The lowest BCUT2D eigenvalue weighted by Crippen LogP contribution is -2.51. The van der Waals surface area contributed by atoms with Gasteiger partial charge in [0, 0.05) is 26.1 Å². The largest absolute Gasteiger partial charge is 0.481 e. The Morgan fingerprint density at radius 3 is 2.48 bits per heavy atom. The van der Waals surface area contributed by atoms with Crippen molar-refractivity contribution in [3.05, 3.63) is 0 Å². The van der Waals surface area contributed by atoms with Gasteiger partial charge in [-0.3, -0.25) is 4.79 Å². The van der Waals surface area contributed by atoms with E-state index in [1.54, 1.807) is 0 Å². The van der Waals surface area contributed by atoms with Crippen LogP contribution in [0.5, 0.6) is 0 Å². The first-order valence-electron chi connectivity index (χ1n) is 7.02. The number of nitrogens with one attached hydrogen (secondary N) is 1. The van der Waals surface area contributed by atoms with Crippen LogP contribution < -0.4 is 5.32 Å². The number of urea groups is 1. The van der Waals surface area contributed by atoms with Crippen molar-refractivity contribution in [2.24, 2.45) is 5.92 Å². The second-order valence-corrected chi connectivity index (χ2v) is 5.34. The molecule has 1 saturated carbocycles. The van der Waals surface area contributed by atoms with E-state index in [0.717, 1.165) is 4.90 Å². The number of hydrogen-bond acceptors (Lipinski definition) is 2. The van der Waals surface area contributed by atoms with E-state index in [2.05, 4.69) is 5.32 Å². The number of amides is 2. The van der Waals surface area contributed by atoms with Crippen molar-refractivity contribution in [3.8, 4) is 0 Å². The summed E-state index contributed by atoms with van der Waals surface area (Å²) in [5, 5.41) is 10.9. The molecule has 1 aliphatic rings. The lowest BCUT2D eigenvalue weighted by molar-refractivity contribution is -0.195. The Bertz CT molecular complexity index is 374. The number of nitrogens with zero attached hydrogens (tertiary/aromatic N) is 1. The fraction of sp³-hybridized carbons (Fsp3) is 0.846. The Morgan fingerprint density at radius 2 is 1.90 bits per heavy atom. The summed E-state index contributed by atoms with van der Waals surface area (Å²) in [6.45, 7) is 0.138. The van der Waals surface area contributed by atoms with Gasteiger partial charge in [0.1, 0.15) is 0 Å². The first-order valence-corrected chi connectivity index (χ1v) is 7.02. The smallest absolute Gasteiger partial charge is 0.393 e. The molecule has 0 aliphatic heterocycles. The molecule has 2 amide bonds. The second-order valence-electron chi connectivity index (χ2n) is 5.34. The number of carbonyl (C=O) groups is 2. The van der Waals surface area contributed by atoms with Crippen LogP contribution in [0.3, 0.4) is 0 Å². The van der Waals surface area contributed by atoms with Gasteiger partial charge in [-0.1, -0.05) is 12.8 Å². The number of alkyl halides is 3. The van der Waals surface area contributed by atoms with Crippen LogP contribution in [0.1, 0.15) is 38.5 Å². The molecule has 0 saturated heterocycles. The highest BCUT2D eigenvalue weighted by atomic mass is 19.4. The number of carboxylic acid groups (broad SMARTS) is 1. The van der Waals surface area contributed by atoms with E-state index < -0.39 is 30.1 Å². The molecule has 0 aromatic carbocycles. The normalized spacial score (nSPS) is 22.7. The van der Waals surface area contributed by atoms with Crippen LogP contribution in [0.25, 0.3) is 0 Å². The molecule has 21 heavy (non-hydrogen) atoms. The van der Waals surface area contributed by atoms with Crippen molar-refractivity contribution in [1.82, 2.24) is 10.2 Å². The average molecular weight is 310 g/mol. The second kappa shape index (κ2) is 7.51. The van der Waals surface area contributed by atoms with Crippen molar-refractivity contribution in [1.29, 1.82) is 0 Å². The molecule has 1 aliphatic carbocycles.